The number of anilines is 1. The molecule has 7 heteroatoms. The summed E-state index contributed by atoms with van der Waals surface area (Å²) < 4.78 is 1.47. The number of carbonyl (C=O) groups is 1. The van der Waals surface area contributed by atoms with Crippen molar-refractivity contribution in [2.75, 3.05) is 5.73 Å². The molecular weight excluding hydrogens is 262 g/mol. The highest BCUT2D eigenvalue weighted by atomic mass is 32.1. The smallest absolute Gasteiger partial charge is 0.257 e. The van der Waals surface area contributed by atoms with E-state index in [1.54, 1.807) is 18.4 Å². The van der Waals surface area contributed by atoms with Gasteiger partial charge in [-0.2, -0.15) is 5.10 Å². The van der Waals surface area contributed by atoms with Crippen LogP contribution in [0.25, 0.3) is 0 Å². The molecule has 2 rings (SSSR count). The molecule has 0 radical (unpaired) electrons. The summed E-state index contributed by atoms with van der Waals surface area (Å²) in [4.78, 5) is 17.5. The molecule has 0 aliphatic rings. The van der Waals surface area contributed by atoms with E-state index >= 15 is 0 Å². The molecule has 0 saturated carbocycles. The van der Waals surface area contributed by atoms with E-state index < -0.39 is 0 Å². The maximum absolute atomic E-state index is 12.1. The molecule has 0 fully saturated rings. The van der Waals surface area contributed by atoms with E-state index in [2.05, 4.69) is 15.4 Å². The first-order chi connectivity index (χ1) is 8.90. The van der Waals surface area contributed by atoms with Gasteiger partial charge in [0.1, 0.15) is 11.4 Å². The van der Waals surface area contributed by atoms with E-state index in [4.69, 9.17) is 5.73 Å². The van der Waals surface area contributed by atoms with Crippen molar-refractivity contribution in [3.05, 3.63) is 27.3 Å². The molecule has 0 bridgehead atoms. The average Bonchev–Trinajstić information content (AvgIpc) is 2.83. The Morgan fingerprint density at radius 2 is 2.21 bits per heavy atom. The fourth-order valence-corrected chi connectivity index (χ4v) is 2.84. The normalized spacial score (nSPS) is 12.4. The number of nitrogens with one attached hydrogen (secondary N) is 1. The van der Waals surface area contributed by atoms with Gasteiger partial charge in [-0.1, -0.05) is 0 Å². The lowest BCUT2D eigenvalue weighted by molar-refractivity contribution is 0.0941. The van der Waals surface area contributed by atoms with Gasteiger partial charge in [0, 0.05) is 11.9 Å². The van der Waals surface area contributed by atoms with Crippen molar-refractivity contribution >= 4 is 23.1 Å². The van der Waals surface area contributed by atoms with Crippen molar-refractivity contribution in [1.82, 2.24) is 20.1 Å². The van der Waals surface area contributed by atoms with Crippen LogP contribution in [0.2, 0.25) is 0 Å². The Hall–Kier alpha value is -1.89. The van der Waals surface area contributed by atoms with Gasteiger partial charge in [-0.05, 0) is 20.8 Å². The molecule has 0 aromatic carbocycles. The summed E-state index contributed by atoms with van der Waals surface area (Å²) in [6.45, 7) is 5.83. The molecule has 2 heterocycles. The van der Waals surface area contributed by atoms with Crippen LogP contribution < -0.4 is 11.1 Å². The summed E-state index contributed by atoms with van der Waals surface area (Å²) in [7, 11) is 1.70. The number of hydrogen-bond donors (Lipinski definition) is 2. The van der Waals surface area contributed by atoms with Gasteiger partial charge in [-0.25, -0.2) is 4.98 Å². The Bertz CT molecular complexity index is 616. The molecule has 0 aliphatic heterocycles. The number of nitrogens with zero attached hydrogens (tertiary/aromatic N) is 3. The van der Waals surface area contributed by atoms with Crippen LogP contribution in [0.1, 0.15) is 38.9 Å². The maximum Gasteiger partial charge on any atom is 0.257 e. The molecule has 1 unspecified atom stereocenters. The Kier molecular flexibility index (Phi) is 3.57. The van der Waals surface area contributed by atoms with Gasteiger partial charge in [0.25, 0.3) is 5.91 Å². The molecule has 6 nitrogen and oxygen atoms in total. The van der Waals surface area contributed by atoms with Crippen molar-refractivity contribution in [3.63, 3.8) is 0 Å². The highest BCUT2D eigenvalue weighted by molar-refractivity contribution is 7.11. The second kappa shape index (κ2) is 5.00. The number of nitrogens with two attached hydrogens (primary N) is 1. The summed E-state index contributed by atoms with van der Waals surface area (Å²) >= 11 is 1.59. The third kappa shape index (κ3) is 2.60. The van der Waals surface area contributed by atoms with Crippen molar-refractivity contribution < 1.29 is 4.79 Å². The number of aromatic nitrogens is 3. The van der Waals surface area contributed by atoms with Gasteiger partial charge in [-0.3, -0.25) is 9.48 Å². The van der Waals surface area contributed by atoms with Crippen LogP contribution in [-0.4, -0.2) is 20.7 Å². The maximum atomic E-state index is 12.1. The van der Waals surface area contributed by atoms with Crippen molar-refractivity contribution in [2.45, 2.75) is 26.8 Å². The third-order valence-electron chi connectivity index (χ3n) is 2.91. The first-order valence-electron chi connectivity index (χ1n) is 5.92. The lowest BCUT2D eigenvalue weighted by Gasteiger charge is -2.12. The predicted molar refractivity (Wildman–Crippen MR) is 75.1 cm³/mol. The minimum Gasteiger partial charge on any atom is -0.383 e. The van der Waals surface area contributed by atoms with Crippen LogP contribution in [0.4, 0.5) is 5.82 Å². The van der Waals surface area contributed by atoms with E-state index in [9.17, 15) is 4.79 Å². The molecular formula is C12H17N5OS. The van der Waals surface area contributed by atoms with Crippen LogP contribution >= 0.6 is 11.3 Å². The quantitative estimate of drug-likeness (QED) is 0.893. The first kappa shape index (κ1) is 13.5. The van der Waals surface area contributed by atoms with Gasteiger partial charge in [0.2, 0.25) is 0 Å². The number of thiazole rings is 1. The Morgan fingerprint density at radius 3 is 2.68 bits per heavy atom. The second-order valence-electron chi connectivity index (χ2n) is 4.44. The summed E-state index contributed by atoms with van der Waals surface area (Å²) in [5.74, 6) is 0.144. The zero-order chi connectivity index (χ0) is 14.2. The van der Waals surface area contributed by atoms with E-state index in [0.29, 0.717) is 11.4 Å². The lowest BCUT2D eigenvalue weighted by atomic mass is 10.2. The minimum absolute atomic E-state index is 0.0988. The van der Waals surface area contributed by atoms with E-state index in [-0.39, 0.29) is 11.9 Å². The van der Waals surface area contributed by atoms with Crippen molar-refractivity contribution in [3.8, 4) is 0 Å². The fraction of sp³-hybridized carbons (Fsp3) is 0.417. The molecule has 3 N–H and O–H groups in total. The second-order valence-corrected chi connectivity index (χ2v) is 5.68. The summed E-state index contributed by atoms with van der Waals surface area (Å²) in [5, 5.41) is 7.87. The fourth-order valence-electron chi connectivity index (χ4n) is 1.91. The van der Waals surface area contributed by atoms with E-state index in [1.807, 2.05) is 20.8 Å². The zero-order valence-corrected chi connectivity index (χ0v) is 12.2. The van der Waals surface area contributed by atoms with Crippen LogP contribution in [0.3, 0.4) is 0 Å². The molecule has 0 saturated heterocycles. The largest absolute Gasteiger partial charge is 0.383 e. The van der Waals surface area contributed by atoms with Gasteiger partial charge in [0.15, 0.2) is 0 Å². The predicted octanol–water partition coefficient (Wildman–Crippen LogP) is 1.57. The average molecular weight is 279 g/mol. The van der Waals surface area contributed by atoms with Crippen LogP contribution in [0.5, 0.6) is 0 Å². The topological polar surface area (TPSA) is 85.8 Å². The number of amides is 1. The zero-order valence-electron chi connectivity index (χ0n) is 11.4. The van der Waals surface area contributed by atoms with E-state index in [1.165, 1.54) is 10.9 Å². The van der Waals surface area contributed by atoms with E-state index in [0.717, 1.165) is 15.6 Å². The van der Waals surface area contributed by atoms with Gasteiger partial charge < -0.3 is 11.1 Å². The SMILES string of the molecule is Cc1nc(C)c(C(C)NC(=O)c2cnn(C)c2N)s1. The molecule has 1 amide bonds. The van der Waals surface area contributed by atoms with Crippen molar-refractivity contribution in [2.24, 2.45) is 7.05 Å². The van der Waals surface area contributed by atoms with Gasteiger partial charge >= 0.3 is 0 Å². The number of aryl methyl sites for hydroxylation is 3. The molecule has 1 atom stereocenters. The molecule has 19 heavy (non-hydrogen) atoms. The van der Waals surface area contributed by atoms with Crippen molar-refractivity contribution in [1.29, 1.82) is 0 Å². The molecule has 2 aromatic rings. The summed E-state index contributed by atoms with van der Waals surface area (Å²) in [5.41, 5.74) is 7.13. The molecule has 2 aromatic heterocycles. The molecule has 102 valence electrons. The molecule has 0 aliphatic carbocycles. The highest BCUT2D eigenvalue weighted by Crippen LogP contribution is 2.24. The third-order valence-corrected chi connectivity index (χ3v) is 4.17. The van der Waals surface area contributed by atoms with Crippen LogP contribution in [0.15, 0.2) is 6.20 Å². The standard InChI is InChI=1S/C12H17N5OS/c1-6-10(19-8(3)15-6)7(2)16-12(18)9-5-14-17(4)11(9)13/h5,7H,13H2,1-4H3,(H,16,18). The lowest BCUT2D eigenvalue weighted by Crippen LogP contribution is -2.27. The highest BCUT2D eigenvalue weighted by Gasteiger charge is 2.19. The van der Waals surface area contributed by atoms with Crippen LogP contribution in [-0.2, 0) is 7.05 Å². The number of nitrogen functional groups attached to an aromatic ring is 1. The van der Waals surface area contributed by atoms with Crippen LogP contribution in [0, 0.1) is 13.8 Å². The Labute approximate surface area is 115 Å². The van der Waals surface area contributed by atoms with Gasteiger partial charge in [-0.15, -0.1) is 11.3 Å². The summed E-state index contributed by atoms with van der Waals surface area (Å²) in [6, 6.07) is -0.0988. The van der Waals surface area contributed by atoms with Gasteiger partial charge in [0.05, 0.1) is 22.9 Å². The summed E-state index contributed by atoms with van der Waals surface area (Å²) in [6.07, 6.45) is 1.47. The monoisotopic (exact) mass is 279 g/mol. The number of hydrogen-bond acceptors (Lipinski definition) is 5. The minimum atomic E-state index is -0.219. The number of rotatable bonds is 3. The molecule has 0 spiro atoms. The first-order valence-corrected chi connectivity index (χ1v) is 6.74. The Balaban J connectivity index is 2.15. The Morgan fingerprint density at radius 1 is 1.53 bits per heavy atom. The number of carbonyl (C=O) groups excluding carboxylic acids is 1.